The number of hydrogen-bond acceptors (Lipinski definition) is 5. The summed E-state index contributed by atoms with van der Waals surface area (Å²) in [5, 5.41) is 10.3. The highest BCUT2D eigenvalue weighted by atomic mass is 32.1. The number of rotatable bonds is 4. The zero-order chi connectivity index (χ0) is 14.9. The van der Waals surface area contributed by atoms with Gasteiger partial charge in [-0.25, -0.2) is 0 Å². The van der Waals surface area contributed by atoms with Crippen molar-refractivity contribution in [3.05, 3.63) is 10.6 Å². The lowest BCUT2D eigenvalue weighted by molar-refractivity contribution is -0.120. The van der Waals surface area contributed by atoms with Crippen LogP contribution in [0, 0.1) is 6.92 Å². The lowest BCUT2D eigenvalue weighted by Crippen LogP contribution is -2.29. The van der Waals surface area contributed by atoms with Crippen LogP contribution in [0.1, 0.15) is 21.8 Å². The molecule has 0 radical (unpaired) electrons. The Morgan fingerprint density at radius 1 is 1.45 bits per heavy atom. The first-order valence-electron chi connectivity index (χ1n) is 6.16. The van der Waals surface area contributed by atoms with Crippen molar-refractivity contribution in [3.63, 3.8) is 0 Å². The summed E-state index contributed by atoms with van der Waals surface area (Å²) in [6.45, 7) is 2.14. The molecular formula is C12H17N5O2S. The predicted molar refractivity (Wildman–Crippen MR) is 78.8 cm³/mol. The molecule has 0 unspecified atom stereocenters. The van der Waals surface area contributed by atoms with Crippen LogP contribution in [0.5, 0.6) is 0 Å². The topological polar surface area (TPSA) is 102 Å². The molecule has 0 aromatic carbocycles. The lowest BCUT2D eigenvalue weighted by atomic mass is 10.2. The second-order valence-electron chi connectivity index (χ2n) is 4.41. The summed E-state index contributed by atoms with van der Waals surface area (Å²) in [7, 11) is 3.38. The highest BCUT2D eigenvalue weighted by molar-refractivity contribution is 7.21. The molecule has 0 aliphatic heterocycles. The van der Waals surface area contributed by atoms with Crippen molar-refractivity contribution in [1.82, 2.24) is 20.4 Å². The van der Waals surface area contributed by atoms with Crippen LogP contribution in [-0.4, -0.2) is 35.2 Å². The van der Waals surface area contributed by atoms with Crippen LogP contribution in [0.3, 0.4) is 0 Å². The average Bonchev–Trinajstić information content (AvgIpc) is 2.89. The van der Waals surface area contributed by atoms with Crippen LogP contribution in [0.25, 0.3) is 10.2 Å². The number of thiophene rings is 1. The minimum Gasteiger partial charge on any atom is -0.397 e. The van der Waals surface area contributed by atoms with Gasteiger partial charge in [0.1, 0.15) is 9.71 Å². The maximum Gasteiger partial charge on any atom is 0.263 e. The molecule has 4 N–H and O–H groups in total. The number of anilines is 1. The molecule has 7 nitrogen and oxygen atoms in total. The van der Waals surface area contributed by atoms with Gasteiger partial charge in [0.15, 0.2) is 0 Å². The third kappa shape index (κ3) is 2.46. The molecule has 0 bridgehead atoms. The van der Waals surface area contributed by atoms with E-state index in [1.54, 1.807) is 11.7 Å². The number of hydrogen-bond donors (Lipinski definition) is 3. The fourth-order valence-electron chi connectivity index (χ4n) is 1.99. The van der Waals surface area contributed by atoms with Gasteiger partial charge in [-0.05, 0) is 6.92 Å². The molecular weight excluding hydrogens is 278 g/mol. The highest BCUT2D eigenvalue weighted by Gasteiger charge is 2.20. The van der Waals surface area contributed by atoms with Crippen molar-refractivity contribution in [2.45, 2.75) is 13.3 Å². The van der Waals surface area contributed by atoms with E-state index in [9.17, 15) is 9.59 Å². The van der Waals surface area contributed by atoms with Crippen LogP contribution in [0.15, 0.2) is 0 Å². The maximum absolute atomic E-state index is 12.1. The molecule has 8 heteroatoms. The monoisotopic (exact) mass is 295 g/mol. The van der Waals surface area contributed by atoms with Gasteiger partial charge >= 0.3 is 0 Å². The van der Waals surface area contributed by atoms with Crippen LogP contribution >= 0.6 is 11.3 Å². The fourth-order valence-corrected chi connectivity index (χ4v) is 3.10. The third-order valence-corrected chi connectivity index (χ3v) is 4.28. The summed E-state index contributed by atoms with van der Waals surface area (Å²) >= 11 is 1.31. The Hall–Kier alpha value is -2.09. The van der Waals surface area contributed by atoms with Crippen LogP contribution < -0.4 is 16.4 Å². The Balaban J connectivity index is 2.16. The van der Waals surface area contributed by atoms with Gasteiger partial charge in [-0.1, -0.05) is 0 Å². The molecule has 2 aromatic heterocycles. The van der Waals surface area contributed by atoms with E-state index in [4.69, 9.17) is 5.73 Å². The van der Waals surface area contributed by atoms with E-state index < -0.39 is 0 Å². The quantitative estimate of drug-likeness (QED) is 0.759. The zero-order valence-corrected chi connectivity index (χ0v) is 12.4. The molecule has 0 fully saturated rings. The summed E-state index contributed by atoms with van der Waals surface area (Å²) in [4.78, 5) is 24.5. The molecule has 2 amide bonds. The minimum absolute atomic E-state index is 0.116. The van der Waals surface area contributed by atoms with Gasteiger partial charge < -0.3 is 16.4 Å². The third-order valence-electron chi connectivity index (χ3n) is 3.00. The summed E-state index contributed by atoms with van der Waals surface area (Å²) in [6, 6.07) is 0. The Bertz CT molecular complexity index is 673. The zero-order valence-electron chi connectivity index (χ0n) is 11.6. The number of amides is 2. The average molecular weight is 295 g/mol. The van der Waals surface area contributed by atoms with E-state index in [2.05, 4.69) is 15.7 Å². The van der Waals surface area contributed by atoms with Crippen molar-refractivity contribution in [2.24, 2.45) is 7.05 Å². The van der Waals surface area contributed by atoms with Gasteiger partial charge in [-0.3, -0.25) is 14.3 Å². The van der Waals surface area contributed by atoms with Gasteiger partial charge in [0.2, 0.25) is 5.91 Å². The number of nitrogens with one attached hydrogen (secondary N) is 2. The number of nitrogens with zero attached hydrogens (tertiary/aromatic N) is 2. The summed E-state index contributed by atoms with van der Waals surface area (Å²) < 4.78 is 1.72. The van der Waals surface area contributed by atoms with Gasteiger partial charge in [-0.15, -0.1) is 11.3 Å². The number of aryl methyl sites for hydroxylation is 2. The summed E-state index contributed by atoms with van der Waals surface area (Å²) in [5.74, 6) is -0.373. The lowest BCUT2D eigenvalue weighted by Gasteiger charge is -2.03. The Kier molecular flexibility index (Phi) is 3.93. The molecule has 0 atom stereocenters. The maximum atomic E-state index is 12.1. The van der Waals surface area contributed by atoms with E-state index in [1.807, 2.05) is 14.0 Å². The van der Waals surface area contributed by atoms with E-state index in [1.165, 1.54) is 11.3 Å². The standard InChI is InChI=1S/C12H17N5O2S/c1-6-8-9(13)10(20-12(8)17(3)16-6)11(19)15-5-4-7(18)14-2/h4-5,13H2,1-3H3,(H,14,18)(H,15,19). The molecule has 20 heavy (non-hydrogen) atoms. The summed E-state index contributed by atoms with van der Waals surface area (Å²) in [5.41, 5.74) is 7.29. The molecule has 0 aliphatic carbocycles. The number of nitrogens with two attached hydrogens (primary N) is 1. The van der Waals surface area contributed by atoms with Gasteiger partial charge in [-0.2, -0.15) is 5.10 Å². The number of fused-ring (bicyclic) bond motifs is 1. The molecule has 2 aromatic rings. The van der Waals surface area contributed by atoms with Gasteiger partial charge in [0.05, 0.1) is 16.8 Å². The first-order valence-corrected chi connectivity index (χ1v) is 6.97. The molecule has 2 heterocycles. The van der Waals surface area contributed by atoms with E-state index >= 15 is 0 Å². The molecule has 2 rings (SSSR count). The largest absolute Gasteiger partial charge is 0.397 e. The van der Waals surface area contributed by atoms with E-state index in [0.717, 1.165) is 15.9 Å². The first kappa shape index (κ1) is 14.3. The number of aromatic nitrogens is 2. The summed E-state index contributed by atoms with van der Waals surface area (Å²) in [6.07, 6.45) is 0.244. The van der Waals surface area contributed by atoms with Crippen LogP contribution in [0.2, 0.25) is 0 Å². The molecule has 0 saturated carbocycles. The number of nitrogen functional groups attached to an aromatic ring is 1. The first-order chi connectivity index (χ1) is 9.45. The van der Waals surface area contributed by atoms with Crippen LogP contribution in [-0.2, 0) is 11.8 Å². The predicted octanol–water partition coefficient (Wildman–Crippen LogP) is 0.391. The SMILES string of the molecule is CNC(=O)CCNC(=O)c1sc2c(c(C)nn2C)c1N. The molecule has 0 spiro atoms. The highest BCUT2D eigenvalue weighted by Crippen LogP contribution is 2.35. The normalized spacial score (nSPS) is 10.8. The second-order valence-corrected chi connectivity index (χ2v) is 5.41. The number of carbonyl (C=O) groups is 2. The van der Waals surface area contributed by atoms with Crippen molar-refractivity contribution >= 4 is 39.1 Å². The smallest absolute Gasteiger partial charge is 0.263 e. The van der Waals surface area contributed by atoms with Crippen molar-refractivity contribution in [2.75, 3.05) is 19.3 Å². The Morgan fingerprint density at radius 3 is 2.75 bits per heavy atom. The van der Waals surface area contributed by atoms with Gasteiger partial charge in [0.25, 0.3) is 5.91 Å². The van der Waals surface area contributed by atoms with Crippen molar-refractivity contribution in [1.29, 1.82) is 0 Å². The minimum atomic E-state index is -0.257. The number of carbonyl (C=O) groups excluding carboxylic acids is 2. The van der Waals surface area contributed by atoms with Crippen LogP contribution in [0.4, 0.5) is 5.69 Å². The van der Waals surface area contributed by atoms with Crippen molar-refractivity contribution in [3.8, 4) is 0 Å². The van der Waals surface area contributed by atoms with E-state index in [0.29, 0.717) is 10.6 Å². The van der Waals surface area contributed by atoms with E-state index in [-0.39, 0.29) is 24.8 Å². The molecule has 108 valence electrons. The Morgan fingerprint density at radius 2 is 2.15 bits per heavy atom. The molecule has 0 saturated heterocycles. The van der Waals surface area contributed by atoms with Gasteiger partial charge in [0, 0.05) is 27.1 Å². The second kappa shape index (κ2) is 5.49. The Labute approximate surface area is 120 Å². The fraction of sp³-hybridized carbons (Fsp3) is 0.417. The van der Waals surface area contributed by atoms with Crippen molar-refractivity contribution < 1.29 is 9.59 Å². The molecule has 0 aliphatic rings.